The minimum absolute atomic E-state index is 0.0527. The number of hydrogen-bond donors (Lipinski definition) is 2. The minimum Gasteiger partial charge on any atom is -0.384 e. The molecular weight excluding hydrogens is 241 g/mol. The molecule has 3 N–H and O–H groups in total. The summed E-state index contributed by atoms with van der Waals surface area (Å²) < 4.78 is 13.6. The number of pyridine rings is 1. The molecule has 0 bridgehead atoms. The highest BCUT2D eigenvalue weighted by atomic mass is 19.1. The van der Waals surface area contributed by atoms with Crippen LogP contribution in [0.3, 0.4) is 0 Å². The molecule has 0 fully saturated rings. The van der Waals surface area contributed by atoms with Crippen LogP contribution in [0.15, 0.2) is 36.5 Å². The van der Waals surface area contributed by atoms with E-state index >= 15 is 0 Å². The van der Waals surface area contributed by atoms with Crippen LogP contribution in [0.2, 0.25) is 0 Å². The lowest BCUT2D eigenvalue weighted by Crippen LogP contribution is -2.19. The van der Waals surface area contributed by atoms with Crippen molar-refractivity contribution < 1.29 is 4.39 Å². The Balaban J connectivity index is 2.22. The van der Waals surface area contributed by atoms with Gasteiger partial charge in [0.2, 0.25) is 0 Å². The van der Waals surface area contributed by atoms with E-state index in [4.69, 9.17) is 5.73 Å². The largest absolute Gasteiger partial charge is 0.384 e. The molecule has 0 saturated carbocycles. The average molecular weight is 259 g/mol. The molecule has 1 aromatic heterocycles. The number of halogens is 1. The van der Waals surface area contributed by atoms with Crippen LogP contribution in [0.1, 0.15) is 22.7 Å². The first-order valence-corrected chi connectivity index (χ1v) is 6.24. The number of nitrogens with one attached hydrogen (secondary N) is 1. The van der Waals surface area contributed by atoms with E-state index in [0.717, 1.165) is 17.5 Å². The summed E-state index contributed by atoms with van der Waals surface area (Å²) in [6, 6.07) is 9.15. The monoisotopic (exact) mass is 259 g/mol. The molecule has 0 saturated heterocycles. The van der Waals surface area contributed by atoms with Crippen LogP contribution < -0.4 is 11.1 Å². The first-order valence-electron chi connectivity index (χ1n) is 6.24. The lowest BCUT2D eigenvalue weighted by atomic mass is 9.98. The smallest absolute Gasteiger partial charge is 0.126 e. The summed E-state index contributed by atoms with van der Waals surface area (Å²) in [5.41, 5.74) is 8.33. The molecule has 2 aromatic rings. The van der Waals surface area contributed by atoms with E-state index < -0.39 is 0 Å². The van der Waals surface area contributed by atoms with Gasteiger partial charge in [-0.05, 0) is 55.3 Å². The Morgan fingerprint density at radius 2 is 2.11 bits per heavy atom. The second kappa shape index (κ2) is 5.80. The predicted molar refractivity (Wildman–Crippen MR) is 75.3 cm³/mol. The van der Waals surface area contributed by atoms with Gasteiger partial charge in [0.05, 0.1) is 0 Å². The molecule has 100 valence electrons. The van der Waals surface area contributed by atoms with Gasteiger partial charge in [-0.15, -0.1) is 0 Å². The van der Waals surface area contributed by atoms with Gasteiger partial charge in [-0.1, -0.05) is 12.1 Å². The van der Waals surface area contributed by atoms with E-state index in [0.29, 0.717) is 11.4 Å². The van der Waals surface area contributed by atoms with Crippen LogP contribution in [-0.4, -0.2) is 12.0 Å². The number of aryl methyl sites for hydroxylation is 1. The number of nitrogens with zero attached hydrogens (tertiary/aromatic N) is 1. The number of likely N-dealkylation sites (N-methyl/N-ethyl adjacent to an activating group) is 1. The summed E-state index contributed by atoms with van der Waals surface area (Å²) in [6.45, 7) is 1.76. The van der Waals surface area contributed by atoms with Crippen molar-refractivity contribution in [1.82, 2.24) is 10.3 Å². The molecule has 0 radical (unpaired) electrons. The maximum Gasteiger partial charge on any atom is 0.126 e. The fraction of sp³-hybridized carbons (Fsp3) is 0.267. The number of aromatic nitrogens is 1. The van der Waals surface area contributed by atoms with Crippen molar-refractivity contribution >= 4 is 5.82 Å². The van der Waals surface area contributed by atoms with Crippen molar-refractivity contribution in [2.45, 2.75) is 19.4 Å². The van der Waals surface area contributed by atoms with E-state index in [1.165, 1.54) is 0 Å². The normalized spacial score (nSPS) is 12.4. The molecule has 19 heavy (non-hydrogen) atoms. The van der Waals surface area contributed by atoms with E-state index in [2.05, 4.69) is 10.3 Å². The van der Waals surface area contributed by atoms with Gasteiger partial charge in [0.15, 0.2) is 0 Å². The van der Waals surface area contributed by atoms with Gasteiger partial charge in [0, 0.05) is 12.2 Å². The Kier molecular flexibility index (Phi) is 4.12. The lowest BCUT2D eigenvalue weighted by Gasteiger charge is -2.17. The number of nitrogen functional groups attached to an aromatic ring is 1. The van der Waals surface area contributed by atoms with Crippen LogP contribution in [0.4, 0.5) is 10.2 Å². The van der Waals surface area contributed by atoms with Gasteiger partial charge in [-0.3, -0.25) is 0 Å². The highest BCUT2D eigenvalue weighted by Crippen LogP contribution is 2.20. The van der Waals surface area contributed by atoms with Crippen molar-refractivity contribution in [3.05, 3.63) is 59.0 Å². The third-order valence-corrected chi connectivity index (χ3v) is 3.23. The Hall–Kier alpha value is -1.94. The summed E-state index contributed by atoms with van der Waals surface area (Å²) in [7, 11) is 1.87. The van der Waals surface area contributed by atoms with Gasteiger partial charge in [0.25, 0.3) is 0 Å². The number of nitrogens with two attached hydrogens (primary N) is 1. The molecule has 0 spiro atoms. The fourth-order valence-electron chi connectivity index (χ4n) is 2.07. The van der Waals surface area contributed by atoms with E-state index in [1.807, 2.05) is 25.2 Å². The first kappa shape index (κ1) is 13.5. The van der Waals surface area contributed by atoms with Crippen LogP contribution in [0.5, 0.6) is 0 Å². The van der Waals surface area contributed by atoms with Crippen LogP contribution >= 0.6 is 0 Å². The SMILES string of the molecule is CNC(Cc1ccnc(N)c1)c1ccc(C)c(F)c1. The molecule has 1 aromatic carbocycles. The molecule has 0 amide bonds. The molecule has 2 rings (SSSR count). The van der Waals surface area contributed by atoms with Crippen LogP contribution in [-0.2, 0) is 6.42 Å². The maximum absolute atomic E-state index is 13.6. The minimum atomic E-state index is -0.174. The van der Waals surface area contributed by atoms with Crippen LogP contribution in [0, 0.1) is 12.7 Å². The van der Waals surface area contributed by atoms with Crippen molar-refractivity contribution in [3.63, 3.8) is 0 Å². The summed E-state index contributed by atoms with van der Waals surface area (Å²) in [5.74, 6) is 0.328. The van der Waals surface area contributed by atoms with Crippen LogP contribution in [0.25, 0.3) is 0 Å². The molecule has 1 heterocycles. The standard InChI is InChI=1S/C15H18FN3/c1-10-3-4-12(9-13(10)16)14(18-2)7-11-5-6-19-15(17)8-11/h3-6,8-9,14,18H,7H2,1-2H3,(H2,17,19). The number of benzene rings is 1. The highest BCUT2D eigenvalue weighted by Gasteiger charge is 2.12. The summed E-state index contributed by atoms with van der Waals surface area (Å²) in [5, 5.41) is 3.21. The molecule has 1 unspecified atom stereocenters. The molecule has 4 heteroatoms. The summed E-state index contributed by atoms with van der Waals surface area (Å²) >= 11 is 0. The lowest BCUT2D eigenvalue weighted by molar-refractivity contribution is 0.574. The zero-order valence-electron chi connectivity index (χ0n) is 11.2. The molecule has 3 nitrogen and oxygen atoms in total. The van der Waals surface area contributed by atoms with Gasteiger partial charge in [0.1, 0.15) is 11.6 Å². The second-order valence-corrected chi connectivity index (χ2v) is 4.64. The number of anilines is 1. The van der Waals surface area contributed by atoms with Gasteiger partial charge >= 0.3 is 0 Å². The Morgan fingerprint density at radius 3 is 2.74 bits per heavy atom. The topological polar surface area (TPSA) is 50.9 Å². The molecule has 0 aliphatic carbocycles. The van der Waals surface area contributed by atoms with Gasteiger partial charge < -0.3 is 11.1 Å². The Bertz CT molecular complexity index is 569. The zero-order chi connectivity index (χ0) is 13.8. The Morgan fingerprint density at radius 1 is 1.32 bits per heavy atom. The van der Waals surface area contributed by atoms with Crippen molar-refractivity contribution in [2.24, 2.45) is 0 Å². The number of rotatable bonds is 4. The Labute approximate surface area is 112 Å². The zero-order valence-corrected chi connectivity index (χ0v) is 11.2. The summed E-state index contributed by atoms with van der Waals surface area (Å²) in [6.07, 6.45) is 2.43. The molecular formula is C15H18FN3. The van der Waals surface area contributed by atoms with Crippen molar-refractivity contribution in [2.75, 3.05) is 12.8 Å². The third-order valence-electron chi connectivity index (χ3n) is 3.23. The summed E-state index contributed by atoms with van der Waals surface area (Å²) in [4.78, 5) is 3.97. The highest BCUT2D eigenvalue weighted by molar-refractivity contribution is 5.34. The fourth-order valence-corrected chi connectivity index (χ4v) is 2.07. The van der Waals surface area contributed by atoms with E-state index in [1.54, 1.807) is 25.3 Å². The molecule has 1 atom stereocenters. The number of hydrogen-bond acceptors (Lipinski definition) is 3. The average Bonchev–Trinajstić information content (AvgIpc) is 2.39. The maximum atomic E-state index is 13.6. The van der Waals surface area contributed by atoms with E-state index in [9.17, 15) is 4.39 Å². The quantitative estimate of drug-likeness (QED) is 0.887. The molecule has 0 aliphatic rings. The van der Waals surface area contributed by atoms with Gasteiger partial charge in [-0.2, -0.15) is 0 Å². The van der Waals surface area contributed by atoms with Gasteiger partial charge in [-0.25, -0.2) is 9.37 Å². The third kappa shape index (κ3) is 3.29. The van der Waals surface area contributed by atoms with Crippen molar-refractivity contribution in [1.29, 1.82) is 0 Å². The second-order valence-electron chi connectivity index (χ2n) is 4.64. The first-order chi connectivity index (χ1) is 9.10. The predicted octanol–water partition coefficient (Wildman–Crippen LogP) is 2.61. The van der Waals surface area contributed by atoms with Crippen molar-refractivity contribution in [3.8, 4) is 0 Å². The van der Waals surface area contributed by atoms with E-state index in [-0.39, 0.29) is 11.9 Å². The molecule has 0 aliphatic heterocycles.